The fourth-order valence-electron chi connectivity index (χ4n) is 3.07. The number of imidazole rings is 1. The number of hydrogen-bond donors (Lipinski definition) is 2. The second kappa shape index (κ2) is 6.51. The molecule has 0 radical (unpaired) electrons. The quantitative estimate of drug-likeness (QED) is 0.692. The molecule has 1 aliphatic heterocycles. The van der Waals surface area contributed by atoms with Gasteiger partial charge in [-0.15, -0.1) is 0 Å². The second-order valence-corrected chi connectivity index (χ2v) is 6.09. The van der Waals surface area contributed by atoms with Crippen molar-refractivity contribution in [3.05, 3.63) is 54.4 Å². The van der Waals surface area contributed by atoms with Crippen molar-refractivity contribution in [3.63, 3.8) is 0 Å². The highest BCUT2D eigenvalue weighted by atomic mass is 16.5. The Balaban J connectivity index is 1.68. The number of fused-ring (bicyclic) bond motifs is 1. The van der Waals surface area contributed by atoms with Crippen LogP contribution in [-0.2, 0) is 4.79 Å². The number of nitrogens with zero attached hydrogens (tertiary/aromatic N) is 2. The van der Waals surface area contributed by atoms with E-state index in [0.29, 0.717) is 12.3 Å². The Labute approximate surface area is 150 Å². The molecule has 2 N–H and O–H groups in total. The minimum Gasteiger partial charge on any atom is -0.494 e. The molecular formula is C19H18N4O3. The van der Waals surface area contributed by atoms with Gasteiger partial charge in [0.1, 0.15) is 11.8 Å². The smallest absolute Gasteiger partial charge is 0.329 e. The monoisotopic (exact) mass is 350 g/mol. The van der Waals surface area contributed by atoms with Crippen molar-refractivity contribution in [2.45, 2.75) is 19.4 Å². The summed E-state index contributed by atoms with van der Waals surface area (Å²) in [6.45, 7) is 2.68. The van der Waals surface area contributed by atoms with E-state index < -0.39 is 12.1 Å². The van der Waals surface area contributed by atoms with E-state index >= 15 is 0 Å². The molecule has 7 nitrogen and oxygen atoms in total. The Morgan fingerprint density at radius 1 is 1.15 bits per heavy atom. The van der Waals surface area contributed by atoms with Gasteiger partial charge in [0, 0.05) is 5.69 Å². The molecule has 0 aliphatic carbocycles. The molecule has 0 saturated carbocycles. The summed E-state index contributed by atoms with van der Waals surface area (Å²) in [7, 11) is 0. The molecule has 2 aromatic carbocycles. The van der Waals surface area contributed by atoms with E-state index in [1.807, 2.05) is 37.3 Å². The molecule has 1 saturated heterocycles. The summed E-state index contributed by atoms with van der Waals surface area (Å²) >= 11 is 0. The van der Waals surface area contributed by atoms with Crippen molar-refractivity contribution < 1.29 is 14.3 Å². The van der Waals surface area contributed by atoms with E-state index in [1.165, 1.54) is 4.90 Å². The molecule has 1 atom stereocenters. The lowest BCUT2D eigenvalue weighted by Gasteiger charge is -2.22. The lowest BCUT2D eigenvalue weighted by molar-refractivity contribution is -0.119. The molecule has 4 rings (SSSR count). The van der Waals surface area contributed by atoms with Crippen LogP contribution >= 0.6 is 0 Å². The van der Waals surface area contributed by atoms with Crippen LogP contribution in [-0.4, -0.2) is 28.5 Å². The molecule has 26 heavy (non-hydrogen) atoms. The van der Waals surface area contributed by atoms with Crippen molar-refractivity contribution in [3.8, 4) is 5.75 Å². The molecule has 2 heterocycles. The molecule has 7 heteroatoms. The lowest BCUT2D eigenvalue weighted by Crippen LogP contribution is -2.29. The number of amides is 3. The number of aromatic amines is 1. The number of aromatic nitrogens is 2. The van der Waals surface area contributed by atoms with Gasteiger partial charge in [0.05, 0.1) is 24.0 Å². The Morgan fingerprint density at radius 3 is 2.73 bits per heavy atom. The van der Waals surface area contributed by atoms with Gasteiger partial charge in [-0.3, -0.25) is 15.0 Å². The number of nitrogens with one attached hydrogen (secondary N) is 2. The fourth-order valence-corrected chi connectivity index (χ4v) is 3.07. The number of hydrogen-bond acceptors (Lipinski definition) is 4. The average molecular weight is 350 g/mol. The summed E-state index contributed by atoms with van der Waals surface area (Å²) in [5, 5.41) is 2.39. The van der Waals surface area contributed by atoms with Gasteiger partial charge < -0.3 is 9.72 Å². The van der Waals surface area contributed by atoms with Crippen LogP contribution in [0.25, 0.3) is 11.0 Å². The summed E-state index contributed by atoms with van der Waals surface area (Å²) < 4.78 is 5.58. The zero-order valence-electron chi connectivity index (χ0n) is 14.2. The number of carbonyl (C=O) groups is 2. The van der Waals surface area contributed by atoms with Crippen LogP contribution in [0.1, 0.15) is 24.9 Å². The topological polar surface area (TPSA) is 87.3 Å². The maximum atomic E-state index is 12.4. The minimum absolute atomic E-state index is 0.348. The zero-order valence-corrected chi connectivity index (χ0v) is 14.2. The van der Waals surface area contributed by atoms with Gasteiger partial charge >= 0.3 is 6.03 Å². The number of ether oxygens (including phenoxy) is 1. The number of H-pyrrole nitrogens is 1. The van der Waals surface area contributed by atoms with Crippen LogP contribution in [0.5, 0.6) is 5.75 Å². The largest absolute Gasteiger partial charge is 0.494 e. The standard InChI is InChI=1S/C19H18N4O3/c1-2-9-26-14-6-3-12(4-7-14)17-18(24)22-19(25)23(17)13-5-8-15-16(10-13)21-11-20-15/h3-8,10-11,17H,2,9H2,1H3,(H,20,21)(H,22,24,25)/t17-/m0/s1. The molecule has 132 valence electrons. The third-order valence-corrected chi connectivity index (χ3v) is 4.31. The summed E-state index contributed by atoms with van der Waals surface area (Å²) in [5.74, 6) is 0.393. The molecule has 1 fully saturated rings. The first-order valence-corrected chi connectivity index (χ1v) is 8.47. The predicted octanol–water partition coefficient (Wildman–Crippen LogP) is 3.15. The van der Waals surface area contributed by atoms with Gasteiger partial charge in [-0.05, 0) is 42.3 Å². The van der Waals surface area contributed by atoms with Crippen molar-refractivity contribution >= 4 is 28.7 Å². The number of rotatable bonds is 5. The maximum absolute atomic E-state index is 12.4. The maximum Gasteiger partial charge on any atom is 0.329 e. The minimum atomic E-state index is -0.723. The molecule has 0 spiro atoms. The van der Waals surface area contributed by atoms with Gasteiger partial charge in [0.2, 0.25) is 0 Å². The van der Waals surface area contributed by atoms with Gasteiger partial charge in [-0.25, -0.2) is 9.78 Å². The molecule has 1 aliphatic rings. The summed E-state index contributed by atoms with van der Waals surface area (Å²) in [5.41, 5.74) is 2.94. The molecule has 0 unspecified atom stereocenters. The van der Waals surface area contributed by atoms with Crippen LogP contribution in [0.15, 0.2) is 48.8 Å². The highest BCUT2D eigenvalue weighted by Gasteiger charge is 2.40. The van der Waals surface area contributed by atoms with Crippen LogP contribution < -0.4 is 15.0 Å². The van der Waals surface area contributed by atoms with Crippen LogP contribution in [0.2, 0.25) is 0 Å². The summed E-state index contributed by atoms with van der Waals surface area (Å²) in [4.78, 5) is 33.5. The SMILES string of the molecule is CCCOc1ccc([C@H]2C(=O)NC(=O)N2c2ccc3[nH]cnc3c2)cc1. The number of carbonyl (C=O) groups excluding carboxylic acids is 2. The Bertz CT molecular complexity index is 964. The Kier molecular flexibility index (Phi) is 4.04. The molecular weight excluding hydrogens is 332 g/mol. The van der Waals surface area contributed by atoms with Crippen molar-refractivity contribution in [2.24, 2.45) is 0 Å². The normalized spacial score (nSPS) is 17.0. The number of benzene rings is 2. The van der Waals surface area contributed by atoms with Gasteiger partial charge in [-0.2, -0.15) is 0 Å². The first kappa shape index (κ1) is 16.1. The van der Waals surface area contributed by atoms with Gasteiger partial charge in [-0.1, -0.05) is 19.1 Å². The first-order chi connectivity index (χ1) is 12.7. The highest BCUT2D eigenvalue weighted by Crippen LogP contribution is 2.33. The first-order valence-electron chi connectivity index (χ1n) is 8.47. The summed E-state index contributed by atoms with van der Waals surface area (Å²) in [6.07, 6.45) is 2.51. The Hall–Kier alpha value is -3.35. The van der Waals surface area contributed by atoms with E-state index in [9.17, 15) is 9.59 Å². The Morgan fingerprint density at radius 2 is 1.96 bits per heavy atom. The van der Waals surface area contributed by atoms with Crippen LogP contribution in [0, 0.1) is 0 Å². The van der Waals surface area contributed by atoms with Gasteiger partial charge in [0.15, 0.2) is 0 Å². The van der Waals surface area contributed by atoms with Crippen LogP contribution in [0.4, 0.5) is 10.5 Å². The zero-order chi connectivity index (χ0) is 18.1. The average Bonchev–Trinajstić information content (AvgIpc) is 3.23. The van der Waals surface area contributed by atoms with Gasteiger partial charge in [0.25, 0.3) is 5.91 Å². The third-order valence-electron chi connectivity index (χ3n) is 4.31. The summed E-state index contributed by atoms with van der Waals surface area (Å²) in [6, 6.07) is 11.5. The van der Waals surface area contributed by atoms with Crippen molar-refractivity contribution in [1.29, 1.82) is 0 Å². The van der Waals surface area contributed by atoms with Crippen LogP contribution in [0.3, 0.4) is 0 Å². The van der Waals surface area contributed by atoms with Crippen molar-refractivity contribution in [2.75, 3.05) is 11.5 Å². The molecule has 0 bridgehead atoms. The molecule has 1 aromatic heterocycles. The number of urea groups is 1. The molecule has 3 amide bonds. The lowest BCUT2D eigenvalue weighted by atomic mass is 10.0. The van der Waals surface area contributed by atoms with E-state index in [-0.39, 0.29) is 5.91 Å². The second-order valence-electron chi connectivity index (χ2n) is 6.09. The van der Waals surface area contributed by atoms with E-state index in [0.717, 1.165) is 28.8 Å². The number of imide groups is 1. The molecule has 3 aromatic rings. The van der Waals surface area contributed by atoms with E-state index in [1.54, 1.807) is 18.5 Å². The third kappa shape index (κ3) is 2.77. The number of anilines is 1. The van der Waals surface area contributed by atoms with E-state index in [4.69, 9.17) is 4.74 Å². The van der Waals surface area contributed by atoms with Crippen molar-refractivity contribution in [1.82, 2.24) is 15.3 Å². The fraction of sp³-hybridized carbons (Fsp3) is 0.211. The predicted molar refractivity (Wildman–Crippen MR) is 97.1 cm³/mol. The highest BCUT2D eigenvalue weighted by molar-refractivity contribution is 6.14. The van der Waals surface area contributed by atoms with E-state index in [2.05, 4.69) is 15.3 Å².